The van der Waals surface area contributed by atoms with E-state index in [0.717, 1.165) is 12.2 Å². The number of hydrogen-bond donors (Lipinski definition) is 1. The van der Waals surface area contributed by atoms with Gasteiger partial charge in [-0.1, -0.05) is 6.92 Å². The number of non-ortho nitro benzene ring substituents is 1. The van der Waals surface area contributed by atoms with Gasteiger partial charge in [0.25, 0.3) is 11.6 Å². The Bertz CT molecular complexity index is 764. The second-order valence-corrected chi connectivity index (χ2v) is 5.56. The van der Waals surface area contributed by atoms with Crippen LogP contribution in [0.5, 0.6) is 0 Å². The molecule has 1 fully saturated rings. The summed E-state index contributed by atoms with van der Waals surface area (Å²) in [5.41, 5.74) is 2.58. The molecule has 0 unspecified atom stereocenters. The van der Waals surface area contributed by atoms with Gasteiger partial charge in [-0.2, -0.15) is 5.10 Å². The summed E-state index contributed by atoms with van der Waals surface area (Å²) in [5.74, 6) is 2.22. The van der Waals surface area contributed by atoms with Crippen molar-refractivity contribution < 1.29 is 14.1 Å². The number of hydrogen-bond acceptors (Lipinski definition) is 5. The molecule has 0 bridgehead atoms. The Labute approximate surface area is 132 Å². The summed E-state index contributed by atoms with van der Waals surface area (Å²) in [6, 6.07) is 9.03. The lowest BCUT2D eigenvalue weighted by Gasteiger charge is -1.98. The van der Waals surface area contributed by atoms with Gasteiger partial charge in [0.05, 0.1) is 11.1 Å². The van der Waals surface area contributed by atoms with Crippen LogP contribution in [0.4, 0.5) is 5.69 Å². The van der Waals surface area contributed by atoms with Gasteiger partial charge in [-0.05, 0) is 36.6 Å². The Morgan fingerprint density at radius 3 is 2.65 bits per heavy atom. The molecule has 1 aliphatic rings. The second-order valence-electron chi connectivity index (χ2n) is 5.56. The van der Waals surface area contributed by atoms with E-state index in [1.165, 1.54) is 30.5 Å². The lowest BCUT2D eigenvalue weighted by atomic mass is 10.2. The number of nitrogens with one attached hydrogen (secondary N) is 1. The maximum absolute atomic E-state index is 11.9. The van der Waals surface area contributed by atoms with Gasteiger partial charge in [0, 0.05) is 23.6 Å². The van der Waals surface area contributed by atoms with Crippen LogP contribution in [0.15, 0.2) is 45.9 Å². The fraction of sp³-hybridized carbons (Fsp3) is 0.250. The first-order chi connectivity index (χ1) is 11.0. The van der Waals surface area contributed by atoms with Crippen LogP contribution in [0, 0.1) is 16.0 Å². The lowest BCUT2D eigenvalue weighted by Crippen LogP contribution is -2.17. The van der Waals surface area contributed by atoms with E-state index in [0.29, 0.717) is 23.2 Å². The predicted octanol–water partition coefficient (Wildman–Crippen LogP) is 3.08. The highest BCUT2D eigenvalue weighted by Crippen LogP contribution is 2.47. The van der Waals surface area contributed by atoms with Crippen molar-refractivity contribution in [2.75, 3.05) is 0 Å². The number of nitro groups is 1. The molecule has 2 atom stereocenters. The number of benzene rings is 1. The molecule has 7 heteroatoms. The van der Waals surface area contributed by atoms with Crippen LogP contribution in [0.2, 0.25) is 0 Å². The van der Waals surface area contributed by atoms with Gasteiger partial charge >= 0.3 is 0 Å². The zero-order valence-electron chi connectivity index (χ0n) is 12.4. The van der Waals surface area contributed by atoms with Gasteiger partial charge < -0.3 is 4.42 Å². The molecule has 1 aliphatic carbocycles. The highest BCUT2D eigenvalue weighted by Gasteiger charge is 2.36. The summed E-state index contributed by atoms with van der Waals surface area (Å²) in [7, 11) is 0. The molecule has 0 saturated heterocycles. The van der Waals surface area contributed by atoms with Gasteiger partial charge in [-0.25, -0.2) is 5.43 Å². The van der Waals surface area contributed by atoms with E-state index in [4.69, 9.17) is 4.42 Å². The third-order valence-electron chi connectivity index (χ3n) is 3.82. The van der Waals surface area contributed by atoms with Crippen LogP contribution in [-0.4, -0.2) is 17.0 Å². The third kappa shape index (κ3) is 3.45. The van der Waals surface area contributed by atoms with E-state index >= 15 is 0 Å². The fourth-order valence-corrected chi connectivity index (χ4v) is 2.31. The Morgan fingerprint density at radius 1 is 1.35 bits per heavy atom. The molecule has 1 aromatic heterocycles. The van der Waals surface area contributed by atoms with Crippen LogP contribution in [-0.2, 0) is 0 Å². The standard InChI is InChI=1S/C16H15N3O4/c1-10-8-14(10)15-7-6-13(23-15)9-17-18-16(20)11-2-4-12(5-3-11)19(21)22/h2-7,9-10,14H,8H2,1H3,(H,18,20)/b17-9-/t10-,14-/m0/s1. The number of carbonyl (C=O) groups excluding carboxylic acids is 1. The van der Waals surface area contributed by atoms with Crippen LogP contribution in [0.3, 0.4) is 0 Å². The van der Waals surface area contributed by atoms with Crippen molar-refractivity contribution in [3.63, 3.8) is 0 Å². The van der Waals surface area contributed by atoms with Crippen LogP contribution >= 0.6 is 0 Å². The minimum atomic E-state index is -0.519. The van der Waals surface area contributed by atoms with Crippen molar-refractivity contribution in [3.8, 4) is 0 Å². The fourth-order valence-electron chi connectivity index (χ4n) is 2.31. The SMILES string of the molecule is C[C@H]1C[C@@H]1c1ccc(/C=N\NC(=O)c2ccc([N+](=O)[O-])cc2)o1. The summed E-state index contributed by atoms with van der Waals surface area (Å²) >= 11 is 0. The van der Waals surface area contributed by atoms with Gasteiger partial charge in [0.2, 0.25) is 0 Å². The average Bonchev–Trinajstić information content (AvgIpc) is 3.09. The number of hydrazone groups is 1. The lowest BCUT2D eigenvalue weighted by molar-refractivity contribution is -0.384. The molecule has 0 spiro atoms. The highest BCUT2D eigenvalue weighted by atomic mass is 16.6. The molecule has 3 rings (SSSR count). The number of furan rings is 1. The first-order valence-corrected chi connectivity index (χ1v) is 7.22. The molecular formula is C16H15N3O4. The monoisotopic (exact) mass is 313 g/mol. The van der Waals surface area contributed by atoms with Crippen molar-refractivity contribution >= 4 is 17.8 Å². The number of carbonyl (C=O) groups is 1. The molecule has 1 saturated carbocycles. The summed E-state index contributed by atoms with van der Waals surface area (Å²) in [4.78, 5) is 21.9. The average molecular weight is 313 g/mol. The number of amides is 1. The Kier molecular flexibility index (Phi) is 3.92. The molecule has 1 heterocycles. The Balaban J connectivity index is 1.57. The molecule has 0 radical (unpaired) electrons. The Hall–Kier alpha value is -2.96. The van der Waals surface area contributed by atoms with Crippen molar-refractivity contribution in [1.29, 1.82) is 0 Å². The van der Waals surface area contributed by atoms with Crippen molar-refractivity contribution in [3.05, 3.63) is 63.6 Å². The Morgan fingerprint density at radius 2 is 2.04 bits per heavy atom. The van der Waals surface area contributed by atoms with E-state index in [9.17, 15) is 14.9 Å². The van der Waals surface area contributed by atoms with E-state index in [1.54, 1.807) is 0 Å². The molecule has 1 N–H and O–H groups in total. The quantitative estimate of drug-likeness (QED) is 0.521. The zero-order chi connectivity index (χ0) is 16.4. The van der Waals surface area contributed by atoms with E-state index in [-0.39, 0.29) is 5.69 Å². The van der Waals surface area contributed by atoms with E-state index in [1.807, 2.05) is 12.1 Å². The van der Waals surface area contributed by atoms with Crippen molar-refractivity contribution in [2.45, 2.75) is 19.3 Å². The van der Waals surface area contributed by atoms with Gasteiger partial charge in [0.15, 0.2) is 0 Å². The zero-order valence-corrected chi connectivity index (χ0v) is 12.4. The molecule has 1 amide bonds. The molecule has 23 heavy (non-hydrogen) atoms. The summed E-state index contributed by atoms with van der Waals surface area (Å²) in [6.07, 6.45) is 2.57. The smallest absolute Gasteiger partial charge is 0.271 e. The maximum Gasteiger partial charge on any atom is 0.271 e. The van der Waals surface area contributed by atoms with Gasteiger partial charge in [-0.15, -0.1) is 0 Å². The summed E-state index contributed by atoms with van der Waals surface area (Å²) in [5, 5.41) is 14.4. The number of rotatable bonds is 5. The topological polar surface area (TPSA) is 97.7 Å². The van der Waals surface area contributed by atoms with Crippen LogP contribution in [0.25, 0.3) is 0 Å². The van der Waals surface area contributed by atoms with Gasteiger partial charge in [0.1, 0.15) is 11.5 Å². The normalized spacial score (nSPS) is 19.7. The third-order valence-corrected chi connectivity index (χ3v) is 3.82. The molecule has 7 nitrogen and oxygen atoms in total. The number of nitrogens with zero attached hydrogens (tertiary/aromatic N) is 2. The number of nitro benzene ring substituents is 1. The van der Waals surface area contributed by atoms with E-state index in [2.05, 4.69) is 17.5 Å². The largest absolute Gasteiger partial charge is 0.460 e. The second kappa shape index (κ2) is 6.04. The first-order valence-electron chi connectivity index (χ1n) is 7.22. The highest BCUT2D eigenvalue weighted by molar-refractivity contribution is 5.94. The molecular weight excluding hydrogens is 298 g/mol. The molecule has 118 valence electrons. The molecule has 2 aromatic rings. The molecule has 0 aliphatic heterocycles. The van der Waals surface area contributed by atoms with Crippen molar-refractivity contribution in [2.24, 2.45) is 11.0 Å². The minimum Gasteiger partial charge on any atom is -0.460 e. The summed E-state index contributed by atoms with van der Waals surface area (Å²) in [6.45, 7) is 2.17. The minimum absolute atomic E-state index is 0.0672. The molecule has 1 aromatic carbocycles. The van der Waals surface area contributed by atoms with Crippen molar-refractivity contribution in [1.82, 2.24) is 5.43 Å². The first kappa shape index (κ1) is 15.0. The predicted molar refractivity (Wildman–Crippen MR) is 83.4 cm³/mol. The van der Waals surface area contributed by atoms with Crippen LogP contribution in [0.1, 0.15) is 41.1 Å². The van der Waals surface area contributed by atoms with Gasteiger partial charge in [-0.3, -0.25) is 14.9 Å². The summed E-state index contributed by atoms with van der Waals surface area (Å²) < 4.78 is 5.63. The van der Waals surface area contributed by atoms with E-state index < -0.39 is 10.8 Å². The maximum atomic E-state index is 11.9. The van der Waals surface area contributed by atoms with Crippen LogP contribution < -0.4 is 5.43 Å².